The van der Waals surface area contributed by atoms with Crippen molar-refractivity contribution in [2.24, 2.45) is 0 Å². The van der Waals surface area contributed by atoms with Crippen LogP contribution >= 0.6 is 11.3 Å². The van der Waals surface area contributed by atoms with Crippen LogP contribution in [0.1, 0.15) is 26.6 Å². The van der Waals surface area contributed by atoms with Crippen molar-refractivity contribution < 1.29 is 32.2 Å². The smallest absolute Gasteiger partial charge is 0.417 e. The SMILES string of the molecule is COC(=O)Cc1c(C(=O)OC)sc2nc(CN3CCN(c4ccc(C(F)(F)F)cn4)CC3)[nH]c(=O)c12. The van der Waals surface area contributed by atoms with Crippen LogP contribution in [-0.2, 0) is 33.4 Å². The zero-order valence-electron chi connectivity index (χ0n) is 19.3. The normalized spacial score (nSPS) is 14.8. The number of carbonyl (C=O) groups excluding carboxylic acids is 2. The van der Waals surface area contributed by atoms with E-state index in [-0.39, 0.29) is 22.2 Å². The third kappa shape index (κ3) is 5.33. The number of hydrogen-bond donors (Lipinski definition) is 1. The zero-order valence-corrected chi connectivity index (χ0v) is 20.2. The molecular weight excluding hydrogens is 503 g/mol. The second-order valence-corrected chi connectivity index (χ2v) is 9.01. The second kappa shape index (κ2) is 10.2. The van der Waals surface area contributed by atoms with Crippen molar-refractivity contribution >= 4 is 39.3 Å². The predicted octanol–water partition coefficient (Wildman–Crippen LogP) is 2.22. The molecule has 1 N–H and O–H groups in total. The van der Waals surface area contributed by atoms with Gasteiger partial charge in [-0.05, 0) is 12.1 Å². The molecule has 14 heteroatoms. The molecule has 0 aliphatic carbocycles. The first-order valence-electron chi connectivity index (χ1n) is 10.8. The van der Waals surface area contributed by atoms with Crippen molar-refractivity contribution in [3.05, 3.63) is 50.5 Å². The Morgan fingerprint density at radius 2 is 1.86 bits per heavy atom. The molecule has 0 spiro atoms. The molecule has 192 valence electrons. The maximum absolute atomic E-state index is 12.9. The second-order valence-electron chi connectivity index (χ2n) is 8.01. The molecule has 1 aliphatic rings. The number of H-pyrrole nitrogens is 1. The fourth-order valence-electron chi connectivity index (χ4n) is 3.91. The Balaban J connectivity index is 1.49. The lowest BCUT2D eigenvalue weighted by Gasteiger charge is -2.35. The van der Waals surface area contributed by atoms with Crippen molar-refractivity contribution in [1.29, 1.82) is 0 Å². The Bertz CT molecular complexity index is 1330. The molecule has 0 bridgehead atoms. The highest BCUT2D eigenvalue weighted by atomic mass is 32.1. The Hall–Kier alpha value is -3.52. The molecule has 0 aromatic carbocycles. The highest BCUT2D eigenvalue weighted by Crippen LogP contribution is 2.30. The van der Waals surface area contributed by atoms with Crippen LogP contribution in [0.5, 0.6) is 0 Å². The first kappa shape index (κ1) is 25.6. The minimum Gasteiger partial charge on any atom is -0.469 e. The zero-order chi connectivity index (χ0) is 26.0. The summed E-state index contributed by atoms with van der Waals surface area (Å²) in [5.41, 5.74) is -1.06. The number of hydrogen-bond acceptors (Lipinski definition) is 10. The number of methoxy groups -OCH3 is 2. The van der Waals surface area contributed by atoms with Gasteiger partial charge in [0.05, 0.1) is 38.1 Å². The van der Waals surface area contributed by atoms with Crippen molar-refractivity contribution in [3.63, 3.8) is 0 Å². The van der Waals surface area contributed by atoms with Gasteiger partial charge in [0, 0.05) is 37.9 Å². The van der Waals surface area contributed by atoms with E-state index in [0.717, 1.165) is 23.6 Å². The van der Waals surface area contributed by atoms with Gasteiger partial charge < -0.3 is 19.4 Å². The fraction of sp³-hybridized carbons (Fsp3) is 0.409. The first-order chi connectivity index (χ1) is 17.1. The third-order valence-electron chi connectivity index (χ3n) is 5.77. The maximum atomic E-state index is 12.9. The molecule has 1 fully saturated rings. The summed E-state index contributed by atoms with van der Waals surface area (Å²) in [7, 11) is 2.42. The van der Waals surface area contributed by atoms with Crippen molar-refractivity contribution in [2.45, 2.75) is 19.1 Å². The quantitative estimate of drug-likeness (QED) is 0.484. The summed E-state index contributed by atoms with van der Waals surface area (Å²) < 4.78 is 47.8. The third-order valence-corrected chi connectivity index (χ3v) is 6.88. The molecular formula is C22H22F3N5O5S. The highest BCUT2D eigenvalue weighted by Gasteiger charge is 2.31. The van der Waals surface area contributed by atoms with E-state index in [0.29, 0.717) is 49.2 Å². The van der Waals surface area contributed by atoms with Crippen molar-refractivity contribution in [2.75, 3.05) is 45.3 Å². The molecule has 4 rings (SSSR count). The number of nitrogens with one attached hydrogen (secondary N) is 1. The number of pyridine rings is 1. The number of aromatic amines is 1. The van der Waals surface area contributed by atoms with Gasteiger partial charge in [-0.15, -0.1) is 11.3 Å². The van der Waals surface area contributed by atoms with Gasteiger partial charge in [0.15, 0.2) is 0 Å². The number of carbonyl (C=O) groups is 2. The monoisotopic (exact) mass is 525 g/mol. The topological polar surface area (TPSA) is 118 Å². The summed E-state index contributed by atoms with van der Waals surface area (Å²) in [5.74, 6) is -0.437. The van der Waals surface area contributed by atoms with Gasteiger partial charge in [-0.2, -0.15) is 13.2 Å². The molecule has 36 heavy (non-hydrogen) atoms. The lowest BCUT2D eigenvalue weighted by molar-refractivity contribution is -0.140. The van der Waals surface area contributed by atoms with Crippen LogP contribution in [-0.4, -0.2) is 72.2 Å². The maximum Gasteiger partial charge on any atom is 0.417 e. The van der Waals surface area contributed by atoms with Crippen molar-refractivity contribution in [1.82, 2.24) is 19.9 Å². The van der Waals surface area contributed by atoms with Crippen LogP contribution in [0.2, 0.25) is 0 Å². The van der Waals surface area contributed by atoms with E-state index in [1.165, 1.54) is 20.3 Å². The number of thiophene rings is 1. The van der Waals surface area contributed by atoms with Crippen LogP contribution in [0.15, 0.2) is 23.1 Å². The largest absolute Gasteiger partial charge is 0.469 e. The summed E-state index contributed by atoms with van der Waals surface area (Å²) >= 11 is 0.971. The fourth-order valence-corrected chi connectivity index (χ4v) is 5.05. The summed E-state index contributed by atoms with van der Waals surface area (Å²) in [4.78, 5) is 52.5. The van der Waals surface area contributed by atoms with Crippen LogP contribution in [0.3, 0.4) is 0 Å². The van der Waals surface area contributed by atoms with Gasteiger partial charge in [-0.1, -0.05) is 0 Å². The average Bonchev–Trinajstić information content (AvgIpc) is 3.22. The number of rotatable bonds is 6. The number of esters is 2. The van der Waals surface area contributed by atoms with E-state index >= 15 is 0 Å². The Kier molecular flexibility index (Phi) is 7.26. The van der Waals surface area contributed by atoms with Gasteiger partial charge in [0.25, 0.3) is 5.56 Å². The summed E-state index contributed by atoms with van der Waals surface area (Å²) in [5, 5.41) is 0.146. The highest BCUT2D eigenvalue weighted by molar-refractivity contribution is 7.20. The number of alkyl halides is 3. The summed E-state index contributed by atoms with van der Waals surface area (Å²) in [6.07, 6.45) is -3.88. The van der Waals surface area contributed by atoms with Crippen LogP contribution in [0, 0.1) is 0 Å². The van der Waals surface area contributed by atoms with E-state index < -0.39 is 29.2 Å². The minimum atomic E-state index is -4.44. The molecule has 0 unspecified atom stereocenters. The number of fused-ring (bicyclic) bond motifs is 1. The van der Waals surface area contributed by atoms with Gasteiger partial charge in [-0.3, -0.25) is 14.5 Å². The molecule has 1 saturated heterocycles. The van der Waals surface area contributed by atoms with Crippen LogP contribution in [0.4, 0.5) is 19.0 Å². The molecule has 4 heterocycles. The van der Waals surface area contributed by atoms with Crippen molar-refractivity contribution in [3.8, 4) is 0 Å². The first-order valence-corrected chi connectivity index (χ1v) is 11.6. The van der Waals surface area contributed by atoms with E-state index in [1.54, 1.807) is 0 Å². The number of nitrogens with zero attached hydrogens (tertiary/aromatic N) is 4. The predicted molar refractivity (Wildman–Crippen MR) is 124 cm³/mol. The number of piperazine rings is 1. The van der Waals surface area contributed by atoms with Gasteiger partial charge in [-0.25, -0.2) is 14.8 Å². The number of anilines is 1. The van der Waals surface area contributed by atoms with Crippen LogP contribution < -0.4 is 10.5 Å². The standard InChI is InChI=1S/C22H22F3N5O5S/c1-34-16(31)9-13-17-19(32)27-14(28-20(17)36-18(13)21(33)35-2)11-29-5-7-30(8-6-29)15-4-3-12(10-26-15)22(23,24)25/h3-4,10H,5-9,11H2,1-2H3,(H,27,28,32). The van der Waals surface area contributed by atoms with Gasteiger partial charge in [0.1, 0.15) is 21.3 Å². The lowest BCUT2D eigenvalue weighted by atomic mass is 10.1. The summed E-state index contributed by atoms with van der Waals surface area (Å²) in [6.45, 7) is 2.50. The lowest BCUT2D eigenvalue weighted by Crippen LogP contribution is -2.46. The molecule has 0 atom stereocenters. The molecule has 0 amide bonds. The number of aromatic nitrogens is 3. The molecule has 10 nitrogen and oxygen atoms in total. The molecule has 0 radical (unpaired) electrons. The molecule has 3 aromatic heterocycles. The minimum absolute atomic E-state index is 0.116. The Morgan fingerprint density at radius 1 is 1.14 bits per heavy atom. The van der Waals surface area contributed by atoms with E-state index in [9.17, 15) is 27.6 Å². The van der Waals surface area contributed by atoms with Crippen LogP contribution in [0.25, 0.3) is 10.2 Å². The van der Waals surface area contributed by atoms with E-state index in [1.807, 2.05) is 9.80 Å². The average molecular weight is 526 g/mol. The molecule has 3 aromatic rings. The molecule has 0 saturated carbocycles. The van der Waals surface area contributed by atoms with Gasteiger partial charge in [0.2, 0.25) is 0 Å². The Labute approximate surface area is 206 Å². The summed E-state index contributed by atoms with van der Waals surface area (Å²) in [6, 6.07) is 2.36. The molecule has 1 aliphatic heterocycles. The number of ether oxygens (including phenoxy) is 2. The van der Waals surface area contributed by atoms with E-state index in [4.69, 9.17) is 4.74 Å². The number of halogens is 3. The van der Waals surface area contributed by atoms with E-state index in [2.05, 4.69) is 19.7 Å². The Morgan fingerprint density at radius 3 is 2.44 bits per heavy atom. The van der Waals surface area contributed by atoms with Gasteiger partial charge >= 0.3 is 18.1 Å².